The molecule has 1 aliphatic rings. The maximum absolute atomic E-state index is 13.4. The van der Waals surface area contributed by atoms with Crippen LogP contribution in [0.25, 0.3) is 0 Å². The Morgan fingerprint density at radius 3 is 2.50 bits per heavy atom. The molecule has 7 nitrogen and oxygen atoms in total. The molecule has 2 aromatic carbocycles. The average Bonchev–Trinajstić information content (AvgIpc) is 3.27. The molecule has 7 heteroatoms. The molecular formula is C23H25N3O4. The number of nitrogens with zero attached hydrogens (tertiary/aromatic N) is 2. The lowest BCUT2D eigenvalue weighted by atomic mass is 9.98. The van der Waals surface area contributed by atoms with Gasteiger partial charge in [-0.3, -0.25) is 0 Å². The molecule has 0 radical (unpaired) electrons. The number of carbonyl (C=O) groups excluding carboxylic acids is 1. The van der Waals surface area contributed by atoms with Crippen molar-refractivity contribution in [3.8, 4) is 17.2 Å². The van der Waals surface area contributed by atoms with Crippen molar-refractivity contribution in [3.63, 3.8) is 0 Å². The van der Waals surface area contributed by atoms with Crippen LogP contribution in [0.1, 0.15) is 17.3 Å². The number of ether oxygens (including phenoxy) is 3. The fraction of sp³-hybridized carbons (Fsp3) is 0.261. The van der Waals surface area contributed by atoms with Crippen molar-refractivity contribution in [2.45, 2.75) is 12.6 Å². The van der Waals surface area contributed by atoms with E-state index >= 15 is 0 Å². The van der Waals surface area contributed by atoms with Gasteiger partial charge in [0.05, 0.1) is 27.0 Å². The van der Waals surface area contributed by atoms with Gasteiger partial charge in [-0.1, -0.05) is 12.1 Å². The molecule has 2 heterocycles. The number of aromatic nitrogens is 1. The molecule has 156 valence electrons. The van der Waals surface area contributed by atoms with Crippen LogP contribution in [-0.4, -0.2) is 43.4 Å². The normalized spacial score (nSPS) is 15.3. The number of para-hydroxylation sites is 2. The summed E-state index contributed by atoms with van der Waals surface area (Å²) >= 11 is 0. The largest absolute Gasteiger partial charge is 0.497 e. The third kappa shape index (κ3) is 3.54. The quantitative estimate of drug-likeness (QED) is 0.690. The van der Waals surface area contributed by atoms with E-state index in [0.29, 0.717) is 36.0 Å². The fourth-order valence-corrected chi connectivity index (χ4v) is 3.92. The van der Waals surface area contributed by atoms with Gasteiger partial charge in [-0.25, -0.2) is 4.79 Å². The van der Waals surface area contributed by atoms with Gasteiger partial charge in [-0.15, -0.1) is 0 Å². The van der Waals surface area contributed by atoms with Gasteiger partial charge in [0.15, 0.2) is 0 Å². The highest BCUT2D eigenvalue weighted by Gasteiger charge is 2.34. The molecule has 1 unspecified atom stereocenters. The number of fused-ring (bicyclic) bond motifs is 1. The summed E-state index contributed by atoms with van der Waals surface area (Å²) in [4.78, 5) is 15.2. The number of nitrogens with one attached hydrogen (secondary N) is 1. The van der Waals surface area contributed by atoms with Gasteiger partial charge in [0, 0.05) is 30.5 Å². The Labute approximate surface area is 175 Å². The van der Waals surface area contributed by atoms with Gasteiger partial charge >= 0.3 is 6.03 Å². The first kappa shape index (κ1) is 19.7. The summed E-state index contributed by atoms with van der Waals surface area (Å²) < 4.78 is 18.6. The van der Waals surface area contributed by atoms with Gasteiger partial charge in [0.25, 0.3) is 0 Å². The van der Waals surface area contributed by atoms with Crippen LogP contribution in [-0.2, 0) is 6.54 Å². The minimum atomic E-state index is -0.325. The molecule has 1 N–H and O–H groups in total. The number of carbonyl (C=O) groups is 1. The monoisotopic (exact) mass is 407 g/mol. The van der Waals surface area contributed by atoms with E-state index in [2.05, 4.69) is 9.88 Å². The molecule has 1 aliphatic heterocycles. The van der Waals surface area contributed by atoms with E-state index in [9.17, 15) is 4.79 Å². The lowest BCUT2D eigenvalue weighted by Gasteiger charge is -2.38. The number of hydrogen-bond acceptors (Lipinski definition) is 4. The summed E-state index contributed by atoms with van der Waals surface area (Å²) in [6, 6.07) is 16.5. The lowest BCUT2D eigenvalue weighted by Crippen LogP contribution is -2.44. The van der Waals surface area contributed by atoms with E-state index in [1.54, 1.807) is 21.3 Å². The number of urea groups is 1. The minimum Gasteiger partial charge on any atom is -0.497 e. The Morgan fingerprint density at radius 1 is 0.933 bits per heavy atom. The summed E-state index contributed by atoms with van der Waals surface area (Å²) in [5, 5.41) is 3.00. The highest BCUT2D eigenvalue weighted by atomic mass is 16.5. The van der Waals surface area contributed by atoms with Crippen LogP contribution in [0.2, 0.25) is 0 Å². The van der Waals surface area contributed by atoms with Gasteiger partial charge in [-0.2, -0.15) is 0 Å². The smallest absolute Gasteiger partial charge is 0.322 e. The summed E-state index contributed by atoms with van der Waals surface area (Å²) in [5.74, 6) is 2.02. The standard InChI is InChI=1S/C23H25N3O4/c1-28-16-10-11-20(29-2)17(15-16)22-19-8-6-12-25(19)13-14-26(22)23(27)24-18-7-4-5-9-21(18)30-3/h4-12,15,22H,13-14H2,1-3H3,(H,24,27). The van der Waals surface area contributed by atoms with Crippen LogP contribution in [0.15, 0.2) is 60.8 Å². The molecule has 0 bridgehead atoms. The van der Waals surface area contributed by atoms with Crippen molar-refractivity contribution < 1.29 is 19.0 Å². The summed E-state index contributed by atoms with van der Waals surface area (Å²) in [6.45, 7) is 1.26. The molecule has 1 aromatic heterocycles. The van der Waals surface area contributed by atoms with E-state index < -0.39 is 0 Å². The van der Waals surface area contributed by atoms with Gasteiger partial charge in [0.2, 0.25) is 0 Å². The molecule has 1 atom stereocenters. The Hall–Kier alpha value is -3.61. The molecule has 0 aliphatic carbocycles. The molecule has 0 fully saturated rings. The first-order valence-electron chi connectivity index (χ1n) is 9.74. The number of anilines is 1. The predicted octanol–water partition coefficient (Wildman–Crippen LogP) is 4.15. The van der Waals surface area contributed by atoms with Crippen molar-refractivity contribution in [3.05, 3.63) is 72.1 Å². The van der Waals surface area contributed by atoms with Crippen LogP contribution in [0.3, 0.4) is 0 Å². The van der Waals surface area contributed by atoms with E-state index in [0.717, 1.165) is 11.3 Å². The second-order valence-corrected chi connectivity index (χ2v) is 6.96. The maximum Gasteiger partial charge on any atom is 0.322 e. The second-order valence-electron chi connectivity index (χ2n) is 6.96. The van der Waals surface area contributed by atoms with Gasteiger partial charge in [-0.05, 0) is 42.5 Å². The Balaban J connectivity index is 1.75. The molecule has 0 saturated carbocycles. The number of benzene rings is 2. The molecular weight excluding hydrogens is 382 g/mol. The molecule has 2 amide bonds. The van der Waals surface area contributed by atoms with Crippen LogP contribution >= 0.6 is 0 Å². The van der Waals surface area contributed by atoms with E-state index in [-0.39, 0.29) is 12.1 Å². The van der Waals surface area contributed by atoms with Crippen LogP contribution < -0.4 is 19.5 Å². The zero-order valence-electron chi connectivity index (χ0n) is 17.3. The highest BCUT2D eigenvalue weighted by Crippen LogP contribution is 2.39. The fourth-order valence-electron chi connectivity index (χ4n) is 3.92. The maximum atomic E-state index is 13.4. The first-order chi connectivity index (χ1) is 14.7. The first-order valence-corrected chi connectivity index (χ1v) is 9.74. The van der Waals surface area contributed by atoms with E-state index in [1.807, 2.05) is 65.7 Å². The van der Waals surface area contributed by atoms with E-state index in [1.165, 1.54) is 0 Å². The SMILES string of the molecule is COc1ccc(OC)c(C2c3cccn3CCN2C(=O)Nc2ccccc2OC)c1. The van der Waals surface area contributed by atoms with Crippen LogP contribution in [0.4, 0.5) is 10.5 Å². The summed E-state index contributed by atoms with van der Waals surface area (Å²) in [6.07, 6.45) is 2.03. The average molecular weight is 407 g/mol. The van der Waals surface area contributed by atoms with E-state index in [4.69, 9.17) is 14.2 Å². The van der Waals surface area contributed by atoms with Gasteiger partial charge < -0.3 is 29.0 Å². The number of rotatable bonds is 5. The van der Waals surface area contributed by atoms with Crippen LogP contribution in [0, 0.1) is 0 Å². The van der Waals surface area contributed by atoms with Crippen molar-refractivity contribution >= 4 is 11.7 Å². The molecule has 0 saturated heterocycles. The minimum absolute atomic E-state index is 0.207. The highest BCUT2D eigenvalue weighted by molar-refractivity contribution is 5.91. The number of hydrogen-bond donors (Lipinski definition) is 1. The molecule has 3 aromatic rings. The van der Waals surface area contributed by atoms with Crippen molar-refractivity contribution in [2.24, 2.45) is 0 Å². The number of amides is 2. The third-order valence-electron chi connectivity index (χ3n) is 5.38. The zero-order chi connectivity index (χ0) is 21.1. The van der Waals surface area contributed by atoms with Gasteiger partial charge in [0.1, 0.15) is 23.3 Å². The summed E-state index contributed by atoms with van der Waals surface area (Å²) in [7, 11) is 4.84. The lowest BCUT2D eigenvalue weighted by molar-refractivity contribution is 0.180. The Kier molecular flexibility index (Phi) is 5.52. The summed E-state index contributed by atoms with van der Waals surface area (Å²) in [5.41, 5.74) is 2.51. The molecule has 4 rings (SSSR count). The van der Waals surface area contributed by atoms with Crippen LogP contribution in [0.5, 0.6) is 17.2 Å². The van der Waals surface area contributed by atoms with Crippen molar-refractivity contribution in [2.75, 3.05) is 33.2 Å². The zero-order valence-corrected chi connectivity index (χ0v) is 17.3. The predicted molar refractivity (Wildman–Crippen MR) is 115 cm³/mol. The molecule has 0 spiro atoms. The van der Waals surface area contributed by atoms with Crippen molar-refractivity contribution in [1.29, 1.82) is 0 Å². The molecule has 30 heavy (non-hydrogen) atoms. The third-order valence-corrected chi connectivity index (χ3v) is 5.38. The number of methoxy groups -OCH3 is 3. The second kappa shape index (κ2) is 8.41. The topological polar surface area (TPSA) is 65.0 Å². The Morgan fingerprint density at radius 2 is 1.73 bits per heavy atom. The Bertz CT molecular complexity index is 1050. The van der Waals surface area contributed by atoms with Crippen molar-refractivity contribution in [1.82, 2.24) is 9.47 Å².